The second kappa shape index (κ2) is 7.30. The summed E-state index contributed by atoms with van der Waals surface area (Å²) in [6.45, 7) is 4.23. The SMILES string of the molecule is COC(=O)c1oc(OC(C)C)c2cc(OCc3ccccc3)ccc12. The third-order valence-electron chi connectivity index (χ3n) is 3.61. The molecule has 0 saturated carbocycles. The number of hydrogen-bond acceptors (Lipinski definition) is 5. The van der Waals surface area contributed by atoms with E-state index in [0.29, 0.717) is 23.1 Å². The maximum atomic E-state index is 11.9. The van der Waals surface area contributed by atoms with Crippen LogP contribution in [0.4, 0.5) is 0 Å². The smallest absolute Gasteiger partial charge is 0.374 e. The molecule has 130 valence electrons. The number of methoxy groups -OCH3 is 1. The number of hydrogen-bond donors (Lipinski definition) is 0. The van der Waals surface area contributed by atoms with Gasteiger partial charge in [-0.05, 0) is 37.6 Å². The van der Waals surface area contributed by atoms with Crippen LogP contribution in [0.2, 0.25) is 0 Å². The molecule has 0 aliphatic rings. The first-order valence-corrected chi connectivity index (χ1v) is 8.06. The highest BCUT2D eigenvalue weighted by molar-refractivity contribution is 6.04. The molecule has 5 nitrogen and oxygen atoms in total. The van der Waals surface area contributed by atoms with Crippen LogP contribution in [0.25, 0.3) is 10.8 Å². The Bertz CT molecular complexity index is 864. The monoisotopic (exact) mass is 340 g/mol. The molecule has 0 N–H and O–H groups in total. The molecule has 0 radical (unpaired) electrons. The average molecular weight is 340 g/mol. The fourth-order valence-electron chi connectivity index (χ4n) is 2.47. The Hall–Kier alpha value is -2.95. The lowest BCUT2D eigenvalue weighted by atomic mass is 10.1. The van der Waals surface area contributed by atoms with Crippen LogP contribution in [0, 0.1) is 0 Å². The van der Waals surface area contributed by atoms with Crippen LogP contribution in [0.5, 0.6) is 11.7 Å². The minimum atomic E-state index is -0.540. The number of carbonyl (C=O) groups is 1. The average Bonchev–Trinajstić information content (AvgIpc) is 2.97. The molecule has 0 atom stereocenters. The van der Waals surface area contributed by atoms with Crippen molar-refractivity contribution in [2.24, 2.45) is 0 Å². The van der Waals surface area contributed by atoms with E-state index < -0.39 is 5.97 Å². The molecule has 0 spiro atoms. The Morgan fingerprint density at radius 1 is 1.08 bits per heavy atom. The van der Waals surface area contributed by atoms with Gasteiger partial charge in [0, 0.05) is 5.39 Å². The number of rotatable bonds is 6. The van der Waals surface area contributed by atoms with Crippen molar-refractivity contribution in [2.75, 3.05) is 7.11 Å². The fourth-order valence-corrected chi connectivity index (χ4v) is 2.47. The van der Waals surface area contributed by atoms with Crippen LogP contribution in [0.3, 0.4) is 0 Å². The van der Waals surface area contributed by atoms with Gasteiger partial charge in [-0.2, -0.15) is 0 Å². The van der Waals surface area contributed by atoms with Gasteiger partial charge in [0.25, 0.3) is 5.95 Å². The molecule has 2 aromatic carbocycles. The number of fused-ring (bicyclic) bond motifs is 1. The van der Waals surface area contributed by atoms with Crippen molar-refractivity contribution < 1.29 is 23.4 Å². The van der Waals surface area contributed by atoms with Gasteiger partial charge in [-0.25, -0.2) is 4.79 Å². The lowest BCUT2D eigenvalue weighted by Crippen LogP contribution is -2.05. The van der Waals surface area contributed by atoms with E-state index in [1.807, 2.05) is 50.2 Å². The van der Waals surface area contributed by atoms with Gasteiger partial charge in [-0.1, -0.05) is 30.3 Å². The molecule has 0 amide bonds. The van der Waals surface area contributed by atoms with E-state index in [9.17, 15) is 4.79 Å². The van der Waals surface area contributed by atoms with Crippen molar-refractivity contribution in [3.05, 3.63) is 59.9 Å². The van der Waals surface area contributed by atoms with Gasteiger partial charge in [-0.3, -0.25) is 0 Å². The molecular formula is C20H20O5. The van der Waals surface area contributed by atoms with Gasteiger partial charge in [0.1, 0.15) is 12.4 Å². The topological polar surface area (TPSA) is 57.9 Å². The van der Waals surface area contributed by atoms with Gasteiger partial charge >= 0.3 is 5.97 Å². The lowest BCUT2D eigenvalue weighted by molar-refractivity contribution is 0.0556. The van der Waals surface area contributed by atoms with Crippen molar-refractivity contribution >= 4 is 16.7 Å². The Labute approximate surface area is 146 Å². The van der Waals surface area contributed by atoms with Crippen LogP contribution >= 0.6 is 0 Å². The minimum Gasteiger partial charge on any atom is -0.489 e. The number of ether oxygens (including phenoxy) is 3. The Morgan fingerprint density at radius 2 is 1.84 bits per heavy atom. The summed E-state index contributed by atoms with van der Waals surface area (Å²) in [5.74, 6) is 0.544. The zero-order chi connectivity index (χ0) is 17.8. The molecule has 0 bridgehead atoms. The van der Waals surface area contributed by atoms with E-state index in [4.69, 9.17) is 18.6 Å². The van der Waals surface area contributed by atoms with Crippen molar-refractivity contribution in [2.45, 2.75) is 26.6 Å². The number of benzene rings is 2. The molecule has 0 aliphatic carbocycles. The fraction of sp³-hybridized carbons (Fsp3) is 0.250. The van der Waals surface area contributed by atoms with Gasteiger partial charge in [0.2, 0.25) is 5.76 Å². The Kier molecular flexibility index (Phi) is 4.93. The molecule has 1 aromatic heterocycles. The molecule has 0 fully saturated rings. The van der Waals surface area contributed by atoms with Gasteiger partial charge < -0.3 is 18.6 Å². The molecule has 0 aliphatic heterocycles. The highest BCUT2D eigenvalue weighted by atomic mass is 16.6. The first kappa shape index (κ1) is 16.9. The summed E-state index contributed by atoms with van der Waals surface area (Å²) in [5.41, 5.74) is 1.07. The van der Waals surface area contributed by atoms with E-state index in [-0.39, 0.29) is 17.8 Å². The molecule has 3 rings (SSSR count). The van der Waals surface area contributed by atoms with Gasteiger partial charge in [0.05, 0.1) is 18.6 Å². The number of esters is 1. The van der Waals surface area contributed by atoms with Crippen molar-refractivity contribution in [3.8, 4) is 11.7 Å². The Morgan fingerprint density at radius 3 is 2.52 bits per heavy atom. The predicted octanol–water partition coefficient (Wildman–Crippen LogP) is 4.59. The predicted molar refractivity (Wildman–Crippen MR) is 94.1 cm³/mol. The highest BCUT2D eigenvalue weighted by Gasteiger charge is 2.22. The van der Waals surface area contributed by atoms with Crippen LogP contribution in [-0.4, -0.2) is 19.2 Å². The normalized spacial score (nSPS) is 10.9. The third-order valence-corrected chi connectivity index (χ3v) is 3.61. The zero-order valence-corrected chi connectivity index (χ0v) is 14.4. The molecule has 5 heteroatoms. The summed E-state index contributed by atoms with van der Waals surface area (Å²) >= 11 is 0. The standard InChI is InChI=1S/C20H20O5/c1-13(2)24-20-17-11-15(23-12-14-7-5-4-6-8-14)9-10-16(17)18(25-20)19(21)22-3/h4-11,13H,12H2,1-3H3. The van der Waals surface area contributed by atoms with E-state index in [1.54, 1.807) is 12.1 Å². The van der Waals surface area contributed by atoms with E-state index in [0.717, 1.165) is 5.56 Å². The quantitative estimate of drug-likeness (QED) is 0.615. The summed E-state index contributed by atoms with van der Waals surface area (Å²) in [5, 5.41) is 1.31. The van der Waals surface area contributed by atoms with Crippen LogP contribution in [0.1, 0.15) is 30.0 Å². The maximum Gasteiger partial charge on any atom is 0.374 e. The van der Waals surface area contributed by atoms with Crippen molar-refractivity contribution in [1.82, 2.24) is 0 Å². The van der Waals surface area contributed by atoms with E-state index in [1.165, 1.54) is 7.11 Å². The summed E-state index contributed by atoms with van der Waals surface area (Å²) in [6, 6.07) is 15.3. The summed E-state index contributed by atoms with van der Waals surface area (Å²) in [7, 11) is 1.32. The number of furan rings is 1. The molecule has 0 saturated heterocycles. The van der Waals surface area contributed by atoms with Gasteiger partial charge in [-0.15, -0.1) is 0 Å². The van der Waals surface area contributed by atoms with E-state index in [2.05, 4.69) is 0 Å². The highest BCUT2D eigenvalue weighted by Crippen LogP contribution is 2.36. The molecule has 3 aromatic rings. The maximum absolute atomic E-state index is 11.9. The van der Waals surface area contributed by atoms with Crippen LogP contribution in [-0.2, 0) is 11.3 Å². The first-order chi connectivity index (χ1) is 12.1. The summed E-state index contributed by atoms with van der Waals surface area (Å²) < 4.78 is 21.9. The molecule has 1 heterocycles. The van der Waals surface area contributed by atoms with Crippen LogP contribution < -0.4 is 9.47 Å². The summed E-state index contributed by atoms with van der Waals surface area (Å²) in [6.07, 6.45) is -0.0891. The summed E-state index contributed by atoms with van der Waals surface area (Å²) in [4.78, 5) is 11.9. The van der Waals surface area contributed by atoms with Crippen LogP contribution in [0.15, 0.2) is 52.9 Å². The van der Waals surface area contributed by atoms with Gasteiger partial charge in [0.15, 0.2) is 0 Å². The minimum absolute atomic E-state index is 0.0891. The van der Waals surface area contributed by atoms with Crippen molar-refractivity contribution in [3.63, 3.8) is 0 Å². The molecule has 0 unspecified atom stereocenters. The second-order valence-electron chi connectivity index (χ2n) is 5.86. The lowest BCUT2D eigenvalue weighted by Gasteiger charge is -2.08. The zero-order valence-electron chi connectivity index (χ0n) is 14.4. The molecule has 25 heavy (non-hydrogen) atoms. The third kappa shape index (κ3) is 3.76. The largest absolute Gasteiger partial charge is 0.489 e. The second-order valence-corrected chi connectivity index (χ2v) is 5.86. The van der Waals surface area contributed by atoms with E-state index >= 15 is 0 Å². The first-order valence-electron chi connectivity index (χ1n) is 8.06. The molecular weight excluding hydrogens is 320 g/mol. The van der Waals surface area contributed by atoms with Crippen molar-refractivity contribution in [1.29, 1.82) is 0 Å². The Balaban J connectivity index is 1.93. The number of carbonyl (C=O) groups excluding carboxylic acids is 1.